The van der Waals surface area contributed by atoms with E-state index in [1.54, 1.807) is 22.9 Å². The highest BCUT2D eigenvalue weighted by atomic mass is 32.1. The second kappa shape index (κ2) is 5.87. The zero-order valence-corrected chi connectivity index (χ0v) is 13.4. The van der Waals surface area contributed by atoms with Crippen LogP contribution in [-0.2, 0) is 0 Å². The first-order valence-corrected chi connectivity index (χ1v) is 8.78. The Morgan fingerprint density at radius 1 is 0.682 bits per heavy atom. The van der Waals surface area contributed by atoms with Crippen molar-refractivity contribution >= 4 is 22.9 Å². The molecule has 0 atom stereocenters. The summed E-state index contributed by atoms with van der Waals surface area (Å²) in [5.41, 5.74) is 5.95. The third-order valence-electron chi connectivity index (χ3n) is 3.59. The maximum absolute atomic E-state index is 4.77. The van der Waals surface area contributed by atoms with Gasteiger partial charge in [-0.25, -0.2) is 0 Å². The molecule has 0 saturated heterocycles. The van der Waals surface area contributed by atoms with E-state index in [0.717, 1.165) is 5.69 Å². The number of hydrogen-bond donors (Lipinski definition) is 0. The van der Waals surface area contributed by atoms with E-state index >= 15 is 0 Å². The third-order valence-corrected chi connectivity index (χ3v) is 5.16. The summed E-state index contributed by atoms with van der Waals surface area (Å²) in [7, 11) is 0. The van der Waals surface area contributed by atoms with Crippen molar-refractivity contribution in [1.29, 1.82) is 0 Å². The Kier molecular flexibility index (Phi) is 3.59. The van der Waals surface area contributed by atoms with Gasteiger partial charge in [0, 0.05) is 11.1 Å². The van der Waals surface area contributed by atoms with Crippen LogP contribution in [-0.4, -0.2) is 4.37 Å². The lowest BCUT2D eigenvalue weighted by molar-refractivity contribution is 1.52. The lowest BCUT2D eigenvalue weighted by atomic mass is 9.99. The Balaban J connectivity index is 1.96. The number of aromatic nitrogens is 1. The van der Waals surface area contributed by atoms with Gasteiger partial charge in [0.1, 0.15) is 0 Å². The van der Waals surface area contributed by atoms with Crippen molar-refractivity contribution in [2.24, 2.45) is 0 Å². The molecule has 2 aromatic heterocycles. The zero-order chi connectivity index (χ0) is 14.8. The van der Waals surface area contributed by atoms with E-state index in [1.807, 2.05) is 12.1 Å². The van der Waals surface area contributed by atoms with Crippen LogP contribution in [0.4, 0.5) is 0 Å². The van der Waals surface area contributed by atoms with Crippen LogP contribution in [0.25, 0.3) is 32.8 Å². The molecular formula is C19H13NS2. The summed E-state index contributed by atoms with van der Waals surface area (Å²) in [6, 6.07) is 23.1. The van der Waals surface area contributed by atoms with Gasteiger partial charge in [-0.2, -0.15) is 15.7 Å². The molecule has 0 bridgehead atoms. The van der Waals surface area contributed by atoms with Crippen LogP contribution < -0.4 is 0 Å². The predicted octanol–water partition coefficient (Wildman–Crippen LogP) is 6.21. The Morgan fingerprint density at radius 3 is 2.00 bits per heavy atom. The minimum Gasteiger partial charge on any atom is -0.191 e. The van der Waals surface area contributed by atoms with Crippen molar-refractivity contribution < 1.29 is 0 Å². The van der Waals surface area contributed by atoms with Crippen LogP contribution in [0.1, 0.15) is 0 Å². The molecule has 0 aliphatic carbocycles. The van der Waals surface area contributed by atoms with Crippen LogP contribution in [0.3, 0.4) is 0 Å². The molecule has 0 N–H and O–H groups in total. The van der Waals surface area contributed by atoms with Gasteiger partial charge in [-0.3, -0.25) is 0 Å². The van der Waals surface area contributed by atoms with Crippen molar-refractivity contribution in [2.75, 3.05) is 0 Å². The van der Waals surface area contributed by atoms with Gasteiger partial charge in [-0.15, -0.1) is 0 Å². The van der Waals surface area contributed by atoms with Gasteiger partial charge in [-0.05, 0) is 39.5 Å². The first-order chi connectivity index (χ1) is 10.9. The smallest absolute Gasteiger partial charge is 0.0925 e. The van der Waals surface area contributed by atoms with Crippen LogP contribution in [0.5, 0.6) is 0 Å². The zero-order valence-electron chi connectivity index (χ0n) is 11.8. The highest BCUT2D eigenvalue weighted by molar-refractivity contribution is 7.11. The highest BCUT2D eigenvalue weighted by Gasteiger charge is 2.18. The highest BCUT2D eigenvalue weighted by Crippen LogP contribution is 2.42. The number of rotatable bonds is 3. The topological polar surface area (TPSA) is 12.9 Å². The van der Waals surface area contributed by atoms with Gasteiger partial charge in [-0.1, -0.05) is 60.7 Å². The molecule has 0 saturated carbocycles. The Hall–Kier alpha value is -2.23. The quantitative estimate of drug-likeness (QED) is 0.438. The van der Waals surface area contributed by atoms with E-state index < -0.39 is 0 Å². The lowest BCUT2D eigenvalue weighted by Crippen LogP contribution is -1.82. The van der Waals surface area contributed by atoms with Gasteiger partial charge < -0.3 is 0 Å². The van der Waals surface area contributed by atoms with Gasteiger partial charge in [0.25, 0.3) is 0 Å². The maximum Gasteiger partial charge on any atom is 0.0925 e. The largest absolute Gasteiger partial charge is 0.191 e. The minimum absolute atomic E-state index is 1.07. The molecule has 0 radical (unpaired) electrons. The standard InChI is InChI=1S/C19H13NS2/c1-3-7-14(8-4-1)18-17(16-11-12-21-13-16)19(22-20-18)15-9-5-2-6-10-15/h1-13H. The maximum atomic E-state index is 4.77. The van der Waals surface area contributed by atoms with Crippen LogP contribution >= 0.6 is 22.9 Å². The third kappa shape index (κ3) is 2.39. The van der Waals surface area contributed by atoms with Crippen LogP contribution in [0, 0.1) is 0 Å². The summed E-state index contributed by atoms with van der Waals surface area (Å²) >= 11 is 3.30. The normalized spacial score (nSPS) is 10.7. The Labute approximate surface area is 137 Å². The second-order valence-electron chi connectivity index (χ2n) is 4.98. The second-order valence-corrected chi connectivity index (χ2v) is 6.53. The van der Waals surface area contributed by atoms with Gasteiger partial charge in [0.2, 0.25) is 0 Å². The van der Waals surface area contributed by atoms with E-state index in [1.165, 1.54) is 27.1 Å². The molecule has 4 rings (SSSR count). The Bertz CT molecular complexity index is 805. The summed E-state index contributed by atoms with van der Waals surface area (Å²) in [6.45, 7) is 0. The molecule has 0 aliphatic heterocycles. The van der Waals surface area contributed by atoms with Crippen molar-refractivity contribution in [3.8, 4) is 32.8 Å². The fraction of sp³-hybridized carbons (Fsp3) is 0. The summed E-state index contributed by atoms with van der Waals surface area (Å²) in [5, 5.41) is 4.32. The molecule has 0 unspecified atom stereocenters. The molecule has 0 fully saturated rings. The molecule has 2 heterocycles. The average Bonchev–Trinajstić information content (AvgIpc) is 3.25. The molecule has 0 aliphatic rings. The van der Waals surface area contributed by atoms with Crippen molar-refractivity contribution in [1.82, 2.24) is 4.37 Å². The van der Waals surface area contributed by atoms with E-state index in [2.05, 4.69) is 65.4 Å². The number of thiophene rings is 1. The fourth-order valence-corrected chi connectivity index (χ4v) is 4.12. The lowest BCUT2D eigenvalue weighted by Gasteiger charge is -2.05. The van der Waals surface area contributed by atoms with Crippen molar-refractivity contribution in [3.63, 3.8) is 0 Å². The van der Waals surface area contributed by atoms with Gasteiger partial charge in [0.15, 0.2) is 0 Å². The van der Waals surface area contributed by atoms with E-state index in [9.17, 15) is 0 Å². The fourth-order valence-electron chi connectivity index (χ4n) is 2.54. The van der Waals surface area contributed by atoms with Gasteiger partial charge in [0.05, 0.1) is 10.6 Å². The molecule has 1 nitrogen and oxygen atoms in total. The Morgan fingerprint density at radius 2 is 1.36 bits per heavy atom. The molecule has 106 valence electrons. The van der Waals surface area contributed by atoms with Crippen molar-refractivity contribution in [2.45, 2.75) is 0 Å². The summed E-state index contributed by atoms with van der Waals surface area (Å²) in [5.74, 6) is 0. The number of nitrogens with zero attached hydrogens (tertiary/aromatic N) is 1. The summed E-state index contributed by atoms with van der Waals surface area (Å²) < 4.78 is 4.77. The number of benzene rings is 2. The first kappa shape index (κ1) is 13.4. The minimum atomic E-state index is 1.07. The average molecular weight is 319 g/mol. The van der Waals surface area contributed by atoms with Gasteiger partial charge >= 0.3 is 0 Å². The predicted molar refractivity (Wildman–Crippen MR) is 96.3 cm³/mol. The molecule has 2 aromatic carbocycles. The molecular weight excluding hydrogens is 306 g/mol. The molecule has 0 amide bonds. The summed E-state index contributed by atoms with van der Waals surface area (Å²) in [4.78, 5) is 1.23. The monoisotopic (exact) mass is 319 g/mol. The molecule has 0 spiro atoms. The molecule has 3 heteroatoms. The first-order valence-electron chi connectivity index (χ1n) is 7.06. The van der Waals surface area contributed by atoms with Crippen LogP contribution in [0.2, 0.25) is 0 Å². The van der Waals surface area contributed by atoms with Crippen LogP contribution in [0.15, 0.2) is 77.5 Å². The van der Waals surface area contributed by atoms with Crippen molar-refractivity contribution in [3.05, 3.63) is 77.5 Å². The summed E-state index contributed by atoms with van der Waals surface area (Å²) in [6.07, 6.45) is 0. The number of hydrogen-bond acceptors (Lipinski definition) is 3. The van der Waals surface area contributed by atoms with E-state index in [0.29, 0.717) is 0 Å². The van der Waals surface area contributed by atoms with E-state index in [4.69, 9.17) is 4.37 Å². The molecule has 4 aromatic rings. The SMILES string of the molecule is c1ccc(-c2nsc(-c3ccccc3)c2-c2ccsc2)cc1. The van der Waals surface area contributed by atoms with E-state index in [-0.39, 0.29) is 0 Å². The molecule has 22 heavy (non-hydrogen) atoms.